The normalized spacial score (nSPS) is 20.3. The first-order valence-corrected chi connectivity index (χ1v) is 15.6. The van der Waals surface area contributed by atoms with E-state index in [1.165, 1.54) is 0 Å². The van der Waals surface area contributed by atoms with E-state index in [9.17, 15) is 12.8 Å². The average Bonchev–Trinajstić information content (AvgIpc) is 2.94. The van der Waals surface area contributed by atoms with Gasteiger partial charge in [-0.25, -0.2) is 27.8 Å². The molecule has 0 saturated heterocycles. The highest BCUT2D eigenvalue weighted by molar-refractivity contribution is 7.94. The van der Waals surface area contributed by atoms with Crippen LogP contribution >= 0.6 is 0 Å². The van der Waals surface area contributed by atoms with Gasteiger partial charge in [-0.2, -0.15) is 0 Å². The Kier molecular flexibility index (Phi) is 7.27. The number of rotatable bonds is 8. The number of halogens is 1. The highest BCUT2D eigenvalue weighted by Crippen LogP contribution is 2.43. The van der Waals surface area contributed by atoms with Gasteiger partial charge in [0.05, 0.1) is 21.7 Å². The number of hydrogen-bond acceptors (Lipinski definition) is 7. The minimum atomic E-state index is -3.56. The van der Waals surface area contributed by atoms with Gasteiger partial charge in [-0.1, -0.05) is 30.7 Å². The molecule has 2 saturated carbocycles. The van der Waals surface area contributed by atoms with Crippen LogP contribution < -0.4 is 14.8 Å². The lowest BCUT2D eigenvalue weighted by molar-refractivity contribution is 0.239. The van der Waals surface area contributed by atoms with Crippen LogP contribution in [0.15, 0.2) is 60.9 Å². The summed E-state index contributed by atoms with van der Waals surface area (Å²) in [5.41, 5.74) is 2.60. The maximum Gasteiger partial charge on any atom is 0.238 e. The number of hydrogen-bond donors (Lipinski definition) is 2. The van der Waals surface area contributed by atoms with E-state index in [0.717, 1.165) is 35.6 Å². The number of aromatic nitrogens is 3. The zero-order chi connectivity index (χ0) is 28.6. The number of ether oxygens (including phenoxy) is 1. The molecule has 2 heterocycles. The van der Waals surface area contributed by atoms with E-state index in [1.54, 1.807) is 25.4 Å². The molecular formula is C31H34FN5O3S. The number of nitrogens with zero attached hydrogens (tertiary/aromatic N) is 3. The van der Waals surface area contributed by atoms with E-state index < -0.39 is 20.9 Å². The van der Waals surface area contributed by atoms with Crippen LogP contribution in [0.25, 0.3) is 22.0 Å². The van der Waals surface area contributed by atoms with E-state index >= 15 is 0 Å². The molecule has 0 aliphatic heterocycles. The zero-order valence-corrected chi connectivity index (χ0v) is 24.0. The SMILES string of the molecule is Cc1cc(NS(=O)(=O)C2(C)CCC2)c2ccccc2c1Oc1ncccc1-c1ccnc(NC2CCCC(F)C2)n1. The van der Waals surface area contributed by atoms with Crippen LogP contribution in [0.1, 0.15) is 57.4 Å². The maximum atomic E-state index is 13.9. The van der Waals surface area contributed by atoms with Crippen molar-refractivity contribution in [1.29, 1.82) is 0 Å². The third kappa shape index (κ3) is 5.45. The van der Waals surface area contributed by atoms with Gasteiger partial charge in [0.25, 0.3) is 0 Å². The zero-order valence-electron chi connectivity index (χ0n) is 23.2. The molecule has 2 aliphatic rings. The molecule has 8 nitrogen and oxygen atoms in total. The van der Waals surface area contributed by atoms with Crippen molar-refractivity contribution >= 4 is 32.4 Å². The van der Waals surface area contributed by atoms with Gasteiger partial charge in [0.2, 0.25) is 21.9 Å². The first-order chi connectivity index (χ1) is 19.7. The minimum absolute atomic E-state index is 0.00421. The van der Waals surface area contributed by atoms with Crippen molar-refractivity contribution in [2.75, 3.05) is 10.0 Å². The number of fused-ring (bicyclic) bond motifs is 1. The summed E-state index contributed by atoms with van der Waals surface area (Å²) in [5, 5.41) is 4.80. The molecular weight excluding hydrogens is 541 g/mol. The largest absolute Gasteiger partial charge is 0.437 e. The Morgan fingerprint density at radius 2 is 1.80 bits per heavy atom. The number of benzene rings is 2. The van der Waals surface area contributed by atoms with Gasteiger partial charge in [0.1, 0.15) is 11.9 Å². The smallest absolute Gasteiger partial charge is 0.238 e. The number of alkyl halides is 1. The van der Waals surface area contributed by atoms with Gasteiger partial charge in [-0.05, 0) is 82.2 Å². The Morgan fingerprint density at radius 3 is 2.56 bits per heavy atom. The predicted octanol–water partition coefficient (Wildman–Crippen LogP) is 7.17. The van der Waals surface area contributed by atoms with Gasteiger partial charge < -0.3 is 10.1 Å². The Hall–Kier alpha value is -3.79. The molecule has 41 heavy (non-hydrogen) atoms. The Labute approximate surface area is 239 Å². The molecule has 2 atom stereocenters. The molecule has 2 aromatic carbocycles. The monoisotopic (exact) mass is 575 g/mol. The third-order valence-corrected chi connectivity index (χ3v) is 10.5. The number of pyridine rings is 1. The number of anilines is 2. The second-order valence-electron chi connectivity index (χ2n) is 11.4. The van der Waals surface area contributed by atoms with Crippen molar-refractivity contribution in [2.45, 2.75) is 75.8 Å². The molecule has 0 radical (unpaired) electrons. The van der Waals surface area contributed by atoms with Crippen molar-refractivity contribution in [3.63, 3.8) is 0 Å². The minimum Gasteiger partial charge on any atom is -0.437 e. The summed E-state index contributed by atoms with van der Waals surface area (Å²) in [6, 6.07) is 14.9. The molecule has 0 bridgehead atoms. The quantitative estimate of drug-likeness (QED) is 0.229. The standard InChI is InChI=1S/C31H34FN5O3S/c1-20-18-27(37-41(38,39)31(2)14-7-15-31)23-10-3-4-11-24(23)28(20)40-29-25(12-6-16-33-29)26-13-17-34-30(36-26)35-22-9-5-8-21(32)19-22/h3-4,6,10-13,16-18,21-22,37H,5,7-9,14-15,19H2,1-2H3,(H,34,35,36). The first kappa shape index (κ1) is 27.4. The van der Waals surface area contributed by atoms with Gasteiger partial charge in [0.15, 0.2) is 0 Å². The highest BCUT2D eigenvalue weighted by Gasteiger charge is 2.44. The molecule has 2 fully saturated rings. The van der Waals surface area contributed by atoms with Crippen molar-refractivity contribution in [3.8, 4) is 22.9 Å². The fourth-order valence-electron chi connectivity index (χ4n) is 5.71. The van der Waals surface area contributed by atoms with Crippen molar-refractivity contribution < 1.29 is 17.5 Å². The Bertz CT molecular complexity index is 1690. The van der Waals surface area contributed by atoms with Crippen LogP contribution in [0, 0.1) is 6.92 Å². The number of sulfonamides is 1. The van der Waals surface area contributed by atoms with E-state index in [2.05, 4.69) is 20.0 Å². The summed E-state index contributed by atoms with van der Waals surface area (Å²) in [6.07, 6.45) is 7.52. The second-order valence-corrected chi connectivity index (χ2v) is 13.6. The van der Waals surface area contributed by atoms with Crippen LogP contribution in [0.3, 0.4) is 0 Å². The lowest BCUT2D eigenvalue weighted by Gasteiger charge is -2.37. The Balaban J connectivity index is 1.32. The van der Waals surface area contributed by atoms with Crippen LogP contribution in [0.4, 0.5) is 16.0 Å². The topological polar surface area (TPSA) is 106 Å². The second kappa shape index (κ2) is 10.9. The molecule has 10 heteroatoms. The Morgan fingerprint density at radius 1 is 1.00 bits per heavy atom. The molecule has 214 valence electrons. The van der Waals surface area contributed by atoms with Gasteiger partial charge in [0, 0.05) is 29.2 Å². The number of aryl methyl sites for hydroxylation is 1. The summed E-state index contributed by atoms with van der Waals surface area (Å²) in [5.74, 6) is 1.39. The number of nitrogens with one attached hydrogen (secondary N) is 2. The molecule has 2 aliphatic carbocycles. The lowest BCUT2D eigenvalue weighted by Crippen LogP contribution is -2.45. The molecule has 2 aromatic heterocycles. The lowest BCUT2D eigenvalue weighted by atomic mass is 9.86. The fraction of sp³-hybridized carbons (Fsp3) is 0.387. The van der Waals surface area contributed by atoms with E-state index in [4.69, 9.17) is 9.72 Å². The van der Waals surface area contributed by atoms with Gasteiger partial charge in [-0.15, -0.1) is 0 Å². The van der Waals surface area contributed by atoms with Gasteiger partial charge in [-0.3, -0.25) is 4.72 Å². The summed E-state index contributed by atoms with van der Waals surface area (Å²) >= 11 is 0. The average molecular weight is 576 g/mol. The van der Waals surface area contributed by atoms with E-state index in [-0.39, 0.29) is 6.04 Å². The van der Waals surface area contributed by atoms with E-state index in [1.807, 2.05) is 49.4 Å². The van der Waals surface area contributed by atoms with Crippen molar-refractivity contribution in [1.82, 2.24) is 15.0 Å². The van der Waals surface area contributed by atoms with Gasteiger partial charge >= 0.3 is 0 Å². The van der Waals surface area contributed by atoms with Crippen LogP contribution in [0.5, 0.6) is 11.6 Å². The third-order valence-electron chi connectivity index (χ3n) is 8.33. The summed E-state index contributed by atoms with van der Waals surface area (Å²) < 4.78 is 48.9. The van der Waals surface area contributed by atoms with Crippen LogP contribution in [-0.2, 0) is 10.0 Å². The molecule has 2 unspecified atom stereocenters. The molecule has 6 rings (SSSR count). The predicted molar refractivity (Wildman–Crippen MR) is 160 cm³/mol. The fourth-order valence-corrected chi connectivity index (χ4v) is 7.24. The molecule has 0 amide bonds. The maximum absolute atomic E-state index is 13.9. The summed E-state index contributed by atoms with van der Waals surface area (Å²) in [6.45, 7) is 3.69. The molecule has 0 spiro atoms. The summed E-state index contributed by atoms with van der Waals surface area (Å²) in [7, 11) is -3.56. The van der Waals surface area contributed by atoms with Crippen molar-refractivity contribution in [3.05, 3.63) is 66.5 Å². The molecule has 2 N–H and O–H groups in total. The van der Waals surface area contributed by atoms with E-state index in [0.29, 0.717) is 60.2 Å². The summed E-state index contributed by atoms with van der Waals surface area (Å²) in [4.78, 5) is 13.6. The first-order valence-electron chi connectivity index (χ1n) is 14.1. The highest BCUT2D eigenvalue weighted by atomic mass is 32.2. The molecule has 4 aromatic rings. The van der Waals surface area contributed by atoms with Crippen molar-refractivity contribution in [2.24, 2.45) is 0 Å². The van der Waals surface area contributed by atoms with Crippen LogP contribution in [-0.4, -0.2) is 40.3 Å². The van der Waals surface area contributed by atoms with Crippen LogP contribution in [0.2, 0.25) is 0 Å².